The third-order valence-corrected chi connectivity index (χ3v) is 4.67. The fourth-order valence-corrected chi connectivity index (χ4v) is 2.97. The number of ether oxygens (including phenoxy) is 1. The van der Waals surface area contributed by atoms with Crippen LogP contribution in [0.25, 0.3) is 0 Å². The van der Waals surface area contributed by atoms with Gasteiger partial charge in [-0.25, -0.2) is 4.68 Å². The van der Waals surface area contributed by atoms with Gasteiger partial charge in [-0.1, -0.05) is 53.2 Å². The van der Waals surface area contributed by atoms with E-state index in [4.69, 9.17) is 22.2 Å². The molecule has 2 N–H and O–H groups in total. The molecule has 0 saturated carbocycles. The van der Waals surface area contributed by atoms with Gasteiger partial charge in [0.1, 0.15) is 12.4 Å². The molecule has 0 aliphatic heterocycles. The highest BCUT2D eigenvalue weighted by Crippen LogP contribution is 2.21. The topological polar surface area (TPSA) is 66.0 Å². The molecule has 1 aromatic heterocycles. The Balaban J connectivity index is 1.58. The molecule has 3 rings (SSSR count). The summed E-state index contributed by atoms with van der Waals surface area (Å²) in [7, 11) is 0. The van der Waals surface area contributed by atoms with Crippen molar-refractivity contribution in [2.75, 3.05) is 5.84 Å². The van der Waals surface area contributed by atoms with Crippen molar-refractivity contribution < 1.29 is 4.74 Å². The van der Waals surface area contributed by atoms with Crippen LogP contribution in [0.4, 0.5) is 0 Å². The molecular weight excluding hydrogens is 344 g/mol. The van der Waals surface area contributed by atoms with Crippen LogP contribution < -0.4 is 10.6 Å². The average Bonchev–Trinajstić information content (AvgIpc) is 2.94. The van der Waals surface area contributed by atoms with Gasteiger partial charge in [0, 0.05) is 10.8 Å². The second-order valence-electron chi connectivity index (χ2n) is 5.29. The first-order valence-electron chi connectivity index (χ1n) is 7.38. The van der Waals surface area contributed by atoms with Crippen molar-refractivity contribution in [3.05, 3.63) is 70.5 Å². The van der Waals surface area contributed by atoms with Gasteiger partial charge in [-0.15, -0.1) is 10.2 Å². The first-order chi connectivity index (χ1) is 11.6. The molecule has 0 bridgehead atoms. The summed E-state index contributed by atoms with van der Waals surface area (Å²) < 4.78 is 7.11. The predicted molar refractivity (Wildman–Crippen MR) is 96.7 cm³/mol. The predicted octanol–water partition coefficient (Wildman–Crippen LogP) is 3.83. The minimum atomic E-state index is 0.246. The van der Waals surface area contributed by atoms with E-state index in [1.807, 2.05) is 0 Å². The Bertz CT molecular complexity index is 735. The highest BCUT2D eigenvalue weighted by Gasteiger charge is 2.11. The van der Waals surface area contributed by atoms with E-state index in [2.05, 4.69) is 41.4 Å². The van der Waals surface area contributed by atoms with E-state index in [1.54, 1.807) is 36.0 Å². The maximum absolute atomic E-state index is 6.05. The van der Waals surface area contributed by atoms with E-state index in [9.17, 15) is 0 Å². The number of hydrogen-bond acceptors (Lipinski definition) is 5. The highest BCUT2D eigenvalue weighted by atomic mass is 35.5. The van der Waals surface area contributed by atoms with Crippen LogP contribution in [0.3, 0.4) is 0 Å². The maximum Gasteiger partial charge on any atom is 0.210 e. The van der Waals surface area contributed by atoms with Crippen molar-refractivity contribution in [2.24, 2.45) is 0 Å². The van der Waals surface area contributed by atoms with Crippen LogP contribution in [0, 0.1) is 6.92 Å². The van der Waals surface area contributed by atoms with E-state index in [1.165, 1.54) is 15.8 Å². The number of halogens is 1. The zero-order chi connectivity index (χ0) is 16.9. The minimum Gasteiger partial charge on any atom is -0.486 e. The van der Waals surface area contributed by atoms with E-state index in [0.29, 0.717) is 21.8 Å². The summed E-state index contributed by atoms with van der Waals surface area (Å²) >= 11 is 7.39. The average molecular weight is 361 g/mol. The van der Waals surface area contributed by atoms with Gasteiger partial charge in [-0.2, -0.15) is 0 Å². The molecule has 0 aliphatic rings. The van der Waals surface area contributed by atoms with Crippen molar-refractivity contribution in [1.82, 2.24) is 14.9 Å². The van der Waals surface area contributed by atoms with Crippen LogP contribution in [0.15, 0.2) is 53.7 Å². The number of rotatable bonds is 6. The molecule has 3 aromatic rings. The van der Waals surface area contributed by atoms with Crippen molar-refractivity contribution in [3.63, 3.8) is 0 Å². The molecule has 0 saturated heterocycles. The van der Waals surface area contributed by atoms with Crippen molar-refractivity contribution in [2.45, 2.75) is 24.4 Å². The van der Waals surface area contributed by atoms with Crippen molar-refractivity contribution in [3.8, 4) is 5.75 Å². The molecule has 5 nitrogen and oxygen atoms in total. The summed E-state index contributed by atoms with van der Waals surface area (Å²) in [6, 6.07) is 15.5. The minimum absolute atomic E-state index is 0.246. The van der Waals surface area contributed by atoms with Crippen molar-refractivity contribution >= 4 is 23.4 Å². The molecule has 0 unspecified atom stereocenters. The molecule has 0 fully saturated rings. The molecule has 0 radical (unpaired) electrons. The van der Waals surface area contributed by atoms with E-state index in [0.717, 1.165) is 5.75 Å². The third-order valence-electron chi connectivity index (χ3n) is 3.41. The lowest BCUT2D eigenvalue weighted by Gasteiger charge is -2.06. The lowest BCUT2D eigenvalue weighted by molar-refractivity contribution is 0.291. The Kier molecular flexibility index (Phi) is 5.27. The fourth-order valence-electron chi connectivity index (χ4n) is 2.01. The van der Waals surface area contributed by atoms with Gasteiger partial charge in [0.15, 0.2) is 5.82 Å². The number of thioether (sulfide) groups is 1. The third kappa shape index (κ3) is 4.21. The molecule has 7 heteroatoms. The Morgan fingerprint density at radius 2 is 1.79 bits per heavy atom. The lowest BCUT2D eigenvalue weighted by atomic mass is 10.2. The quantitative estimate of drug-likeness (QED) is 0.534. The van der Waals surface area contributed by atoms with Crippen molar-refractivity contribution in [1.29, 1.82) is 0 Å². The molecule has 0 spiro atoms. The van der Waals surface area contributed by atoms with Crippen LogP contribution in [0.5, 0.6) is 5.75 Å². The lowest BCUT2D eigenvalue weighted by Crippen LogP contribution is -2.15. The largest absolute Gasteiger partial charge is 0.486 e. The number of nitrogens with two attached hydrogens (primary N) is 1. The standard InChI is InChI=1S/C17H17ClN4OS/c1-12-2-4-13(5-3-12)11-24-17-21-20-16(22(17)19)10-23-15-8-6-14(18)7-9-15/h2-9H,10-11,19H2,1H3. The van der Waals surface area contributed by atoms with Crippen LogP contribution in [0.1, 0.15) is 17.0 Å². The van der Waals surface area contributed by atoms with Gasteiger partial charge in [0.05, 0.1) is 0 Å². The molecule has 24 heavy (non-hydrogen) atoms. The Morgan fingerprint density at radius 1 is 1.08 bits per heavy atom. The van der Waals surface area contributed by atoms with Crippen LogP contribution >= 0.6 is 23.4 Å². The van der Waals surface area contributed by atoms with Crippen LogP contribution in [-0.2, 0) is 12.4 Å². The van der Waals surface area contributed by atoms with Crippen LogP contribution in [0.2, 0.25) is 5.02 Å². The first-order valence-corrected chi connectivity index (χ1v) is 8.74. The zero-order valence-corrected chi connectivity index (χ0v) is 14.7. The second kappa shape index (κ2) is 7.59. The summed E-state index contributed by atoms with van der Waals surface area (Å²) in [4.78, 5) is 0. The first kappa shape index (κ1) is 16.7. The van der Waals surface area contributed by atoms with E-state index >= 15 is 0 Å². The van der Waals surface area contributed by atoms with Gasteiger partial charge in [-0.3, -0.25) is 0 Å². The number of aromatic nitrogens is 3. The Morgan fingerprint density at radius 3 is 2.50 bits per heavy atom. The smallest absolute Gasteiger partial charge is 0.210 e. The molecule has 0 aliphatic carbocycles. The molecular formula is C17H17ClN4OS. The van der Waals surface area contributed by atoms with Gasteiger partial charge in [-0.05, 0) is 36.8 Å². The summed E-state index contributed by atoms with van der Waals surface area (Å²) in [5.41, 5.74) is 2.46. The number of nitrogen functional groups attached to an aromatic ring is 1. The van der Waals surface area contributed by atoms with Crippen LogP contribution in [-0.4, -0.2) is 14.9 Å². The summed E-state index contributed by atoms with van der Waals surface area (Å²) in [5, 5.41) is 9.54. The fraction of sp³-hybridized carbons (Fsp3) is 0.176. The summed E-state index contributed by atoms with van der Waals surface area (Å²) in [6.45, 7) is 2.32. The number of aryl methyl sites for hydroxylation is 1. The molecule has 0 amide bonds. The monoisotopic (exact) mass is 360 g/mol. The number of nitrogens with zero attached hydrogens (tertiary/aromatic N) is 3. The number of benzene rings is 2. The summed E-state index contributed by atoms with van der Waals surface area (Å²) in [6.07, 6.45) is 0. The highest BCUT2D eigenvalue weighted by molar-refractivity contribution is 7.98. The molecule has 2 aromatic carbocycles. The van der Waals surface area contributed by atoms with E-state index < -0.39 is 0 Å². The van der Waals surface area contributed by atoms with E-state index in [-0.39, 0.29) is 6.61 Å². The Hall–Kier alpha value is -2.18. The SMILES string of the molecule is Cc1ccc(CSc2nnc(COc3ccc(Cl)cc3)n2N)cc1. The zero-order valence-electron chi connectivity index (χ0n) is 13.1. The second-order valence-corrected chi connectivity index (χ2v) is 6.66. The number of hydrogen-bond donors (Lipinski definition) is 1. The maximum atomic E-state index is 6.05. The molecule has 0 atom stereocenters. The van der Waals surface area contributed by atoms with Gasteiger partial charge in [0.25, 0.3) is 0 Å². The van der Waals surface area contributed by atoms with Gasteiger partial charge < -0.3 is 10.6 Å². The van der Waals surface area contributed by atoms with Gasteiger partial charge in [0.2, 0.25) is 5.16 Å². The summed E-state index contributed by atoms with van der Waals surface area (Å²) in [5.74, 6) is 8.11. The van der Waals surface area contributed by atoms with Gasteiger partial charge >= 0.3 is 0 Å². The molecule has 124 valence electrons. The normalized spacial score (nSPS) is 10.8. The molecule has 1 heterocycles. The Labute approximate surface area is 149 Å².